The molecule has 0 spiro atoms. The van der Waals surface area contributed by atoms with Gasteiger partial charge in [0.1, 0.15) is 5.82 Å². The highest BCUT2D eigenvalue weighted by Gasteiger charge is 2.22. The quantitative estimate of drug-likeness (QED) is 0.434. The van der Waals surface area contributed by atoms with Gasteiger partial charge in [-0.05, 0) is 67.9 Å². The lowest BCUT2D eigenvalue weighted by Gasteiger charge is -2.29. The van der Waals surface area contributed by atoms with E-state index in [0.717, 1.165) is 54.5 Å². The van der Waals surface area contributed by atoms with Crippen molar-refractivity contribution >= 4 is 28.6 Å². The molecule has 8 nitrogen and oxygen atoms in total. The Balaban J connectivity index is 1.22. The number of ether oxygens (including phenoxy) is 2. The van der Waals surface area contributed by atoms with Crippen LogP contribution >= 0.6 is 0 Å². The lowest BCUT2D eigenvalue weighted by molar-refractivity contribution is -0.121. The van der Waals surface area contributed by atoms with Crippen LogP contribution in [0.1, 0.15) is 37.7 Å². The predicted molar refractivity (Wildman–Crippen MR) is 144 cm³/mol. The number of carbonyl (C=O) groups is 1. The fourth-order valence-electron chi connectivity index (χ4n) is 4.80. The summed E-state index contributed by atoms with van der Waals surface area (Å²) in [5.74, 6) is 3.58. The minimum atomic E-state index is 0.0887. The molecule has 1 fully saturated rings. The second-order valence-electron chi connectivity index (χ2n) is 9.64. The number of aromatic nitrogens is 2. The van der Waals surface area contributed by atoms with Gasteiger partial charge in [-0.3, -0.25) is 4.79 Å². The van der Waals surface area contributed by atoms with Gasteiger partial charge in [-0.2, -0.15) is 4.98 Å². The van der Waals surface area contributed by atoms with Crippen molar-refractivity contribution in [3.63, 3.8) is 0 Å². The molecule has 192 valence electrons. The number of nitrogens with zero attached hydrogens (tertiary/aromatic N) is 3. The number of nitrogens with one attached hydrogen (secondary N) is 2. The summed E-state index contributed by atoms with van der Waals surface area (Å²) in [6.07, 6.45) is 5.35. The number of aryl methyl sites for hydroxylation is 1. The van der Waals surface area contributed by atoms with Gasteiger partial charge in [-0.1, -0.05) is 18.2 Å². The summed E-state index contributed by atoms with van der Waals surface area (Å²) in [5, 5.41) is 7.74. The van der Waals surface area contributed by atoms with Crippen LogP contribution in [0.2, 0.25) is 0 Å². The second-order valence-corrected chi connectivity index (χ2v) is 9.64. The first-order chi connectivity index (χ1) is 17.5. The zero-order valence-corrected chi connectivity index (χ0v) is 21.7. The molecule has 0 saturated heterocycles. The largest absolute Gasteiger partial charge is 0.493 e. The first kappa shape index (κ1) is 25.5. The summed E-state index contributed by atoms with van der Waals surface area (Å²) in [6, 6.07) is 14.2. The summed E-state index contributed by atoms with van der Waals surface area (Å²) in [5.41, 5.74) is 2.01. The highest BCUT2D eigenvalue weighted by Crippen LogP contribution is 2.29. The predicted octanol–water partition coefficient (Wildman–Crippen LogP) is 4.43. The van der Waals surface area contributed by atoms with Crippen LogP contribution in [0.4, 0.5) is 11.8 Å². The molecule has 0 unspecified atom stereocenters. The Bertz CT molecular complexity index is 1180. The molecule has 0 aliphatic heterocycles. The van der Waals surface area contributed by atoms with Gasteiger partial charge in [0.2, 0.25) is 11.9 Å². The van der Waals surface area contributed by atoms with Crippen LogP contribution in [0, 0.1) is 5.92 Å². The third-order valence-electron chi connectivity index (χ3n) is 6.86. The van der Waals surface area contributed by atoms with E-state index in [4.69, 9.17) is 19.4 Å². The molecule has 0 bridgehead atoms. The van der Waals surface area contributed by atoms with Crippen molar-refractivity contribution < 1.29 is 14.3 Å². The van der Waals surface area contributed by atoms with E-state index in [9.17, 15) is 4.79 Å². The summed E-state index contributed by atoms with van der Waals surface area (Å²) >= 11 is 0. The molecule has 36 heavy (non-hydrogen) atoms. The minimum Gasteiger partial charge on any atom is -0.493 e. The van der Waals surface area contributed by atoms with Crippen LogP contribution in [0.3, 0.4) is 0 Å². The van der Waals surface area contributed by atoms with Crippen molar-refractivity contribution in [3.05, 3.63) is 48.0 Å². The van der Waals surface area contributed by atoms with Gasteiger partial charge in [0.15, 0.2) is 11.5 Å². The number of carbonyl (C=O) groups excluding carboxylic acids is 1. The van der Waals surface area contributed by atoms with E-state index >= 15 is 0 Å². The van der Waals surface area contributed by atoms with Gasteiger partial charge in [0.05, 0.1) is 19.7 Å². The average molecular weight is 492 g/mol. The Morgan fingerprint density at radius 2 is 1.75 bits per heavy atom. The molecule has 1 aromatic heterocycles. The average Bonchev–Trinajstić information content (AvgIpc) is 2.90. The van der Waals surface area contributed by atoms with Gasteiger partial charge < -0.3 is 25.0 Å². The topological polar surface area (TPSA) is 88.6 Å². The van der Waals surface area contributed by atoms with Crippen LogP contribution in [0.5, 0.6) is 11.5 Å². The Kier molecular flexibility index (Phi) is 8.46. The molecule has 0 atom stereocenters. The van der Waals surface area contributed by atoms with Crippen molar-refractivity contribution in [2.75, 3.05) is 45.1 Å². The third-order valence-corrected chi connectivity index (χ3v) is 6.86. The molecule has 2 aromatic carbocycles. The first-order valence-corrected chi connectivity index (χ1v) is 12.6. The van der Waals surface area contributed by atoms with Crippen molar-refractivity contribution in [1.29, 1.82) is 0 Å². The fourth-order valence-corrected chi connectivity index (χ4v) is 4.80. The van der Waals surface area contributed by atoms with Crippen molar-refractivity contribution in [1.82, 2.24) is 15.3 Å². The standard InChI is InChI=1S/C28H37N5O3/c1-33(2)27-22-7-5-6-8-23(22)31-28(32-27)30-21-13-9-20(10-14-21)18-29-26(34)16-12-19-11-15-24(35-3)25(17-19)36-4/h5-8,11,15,17,20-21H,9-10,12-14,16,18H2,1-4H3,(H,29,34)(H,30,31,32). The van der Waals surface area contributed by atoms with E-state index in [2.05, 4.69) is 16.7 Å². The fraction of sp³-hybridized carbons (Fsp3) is 0.464. The normalized spacial score (nSPS) is 17.4. The number of benzene rings is 2. The Morgan fingerprint density at radius 3 is 2.47 bits per heavy atom. The number of hydrogen-bond acceptors (Lipinski definition) is 7. The van der Waals surface area contributed by atoms with Gasteiger partial charge in [-0.15, -0.1) is 0 Å². The third kappa shape index (κ3) is 6.36. The maximum Gasteiger partial charge on any atom is 0.225 e. The lowest BCUT2D eigenvalue weighted by atomic mass is 9.86. The Hall–Kier alpha value is -3.55. The maximum atomic E-state index is 12.4. The molecule has 1 saturated carbocycles. The van der Waals surface area contributed by atoms with E-state index in [0.29, 0.717) is 42.2 Å². The van der Waals surface area contributed by atoms with E-state index in [-0.39, 0.29) is 5.91 Å². The van der Waals surface area contributed by atoms with Gasteiger partial charge >= 0.3 is 0 Å². The van der Waals surface area contributed by atoms with Crippen molar-refractivity contribution in [2.24, 2.45) is 5.92 Å². The van der Waals surface area contributed by atoms with Crippen LogP contribution in [-0.4, -0.2) is 56.8 Å². The molecule has 1 amide bonds. The SMILES string of the molecule is COc1ccc(CCC(=O)NCC2CCC(Nc3nc(N(C)C)c4ccccc4n3)CC2)cc1OC. The van der Waals surface area contributed by atoms with E-state index in [1.165, 1.54) is 0 Å². The molecule has 2 N–H and O–H groups in total. The number of methoxy groups -OCH3 is 2. The molecule has 0 radical (unpaired) electrons. The summed E-state index contributed by atoms with van der Waals surface area (Å²) in [6.45, 7) is 0.731. The molecule has 8 heteroatoms. The van der Waals surface area contributed by atoms with Gasteiger partial charge in [-0.25, -0.2) is 4.98 Å². The number of amides is 1. The van der Waals surface area contributed by atoms with E-state index < -0.39 is 0 Å². The minimum absolute atomic E-state index is 0.0887. The molecule has 1 aliphatic rings. The highest BCUT2D eigenvalue weighted by molar-refractivity contribution is 5.90. The van der Waals surface area contributed by atoms with Gasteiger partial charge in [0.25, 0.3) is 0 Å². The molecular formula is C28H37N5O3. The molecule has 1 aliphatic carbocycles. The number of para-hydroxylation sites is 1. The monoisotopic (exact) mass is 491 g/mol. The summed E-state index contributed by atoms with van der Waals surface area (Å²) < 4.78 is 10.6. The van der Waals surface area contributed by atoms with Crippen molar-refractivity contribution in [2.45, 2.75) is 44.6 Å². The Labute approximate surface area is 213 Å². The van der Waals surface area contributed by atoms with E-state index in [1.807, 2.05) is 55.4 Å². The number of hydrogen-bond donors (Lipinski definition) is 2. The zero-order chi connectivity index (χ0) is 25.5. The van der Waals surface area contributed by atoms with Crippen LogP contribution < -0.4 is 25.0 Å². The second kappa shape index (κ2) is 11.9. The maximum absolute atomic E-state index is 12.4. The molecule has 1 heterocycles. The van der Waals surface area contributed by atoms with Crippen molar-refractivity contribution in [3.8, 4) is 11.5 Å². The van der Waals surface area contributed by atoms with Crippen LogP contribution in [0.25, 0.3) is 10.9 Å². The summed E-state index contributed by atoms with van der Waals surface area (Å²) in [7, 11) is 7.25. The highest BCUT2D eigenvalue weighted by atomic mass is 16.5. The Morgan fingerprint density at radius 1 is 1.00 bits per heavy atom. The zero-order valence-electron chi connectivity index (χ0n) is 21.7. The molecule has 3 aromatic rings. The van der Waals surface area contributed by atoms with Crippen LogP contribution in [0.15, 0.2) is 42.5 Å². The number of fused-ring (bicyclic) bond motifs is 1. The summed E-state index contributed by atoms with van der Waals surface area (Å²) in [4.78, 5) is 24.0. The van der Waals surface area contributed by atoms with E-state index in [1.54, 1.807) is 14.2 Å². The molecular weight excluding hydrogens is 454 g/mol. The first-order valence-electron chi connectivity index (χ1n) is 12.6. The lowest BCUT2D eigenvalue weighted by Crippen LogP contribution is -2.34. The molecule has 4 rings (SSSR count). The number of anilines is 2. The number of rotatable bonds is 10. The van der Waals surface area contributed by atoms with Crippen LogP contribution in [-0.2, 0) is 11.2 Å². The smallest absolute Gasteiger partial charge is 0.225 e. The van der Waals surface area contributed by atoms with Gasteiger partial charge in [0, 0.05) is 38.5 Å².